The number of fused-ring (bicyclic) bond motifs is 1. The maximum Gasteiger partial charge on any atom is 0.342 e. The van der Waals surface area contributed by atoms with Gasteiger partial charge >= 0.3 is 5.97 Å². The lowest BCUT2D eigenvalue weighted by molar-refractivity contribution is 0.0249. The maximum atomic E-state index is 13.3. The Bertz CT molecular complexity index is 987. The number of ether oxygens (including phenoxy) is 1. The molecule has 26 heavy (non-hydrogen) atoms. The van der Waals surface area contributed by atoms with Gasteiger partial charge in [-0.1, -0.05) is 64.5 Å². The van der Waals surface area contributed by atoms with Crippen LogP contribution in [-0.4, -0.2) is 11.9 Å². The lowest BCUT2D eigenvalue weighted by atomic mass is 10.0. The van der Waals surface area contributed by atoms with Crippen LogP contribution in [0, 0.1) is 0 Å². The summed E-state index contributed by atoms with van der Waals surface area (Å²) in [6.07, 6.45) is -0.815. The van der Waals surface area contributed by atoms with Crippen LogP contribution in [0.4, 0.5) is 5.69 Å². The second-order valence-electron chi connectivity index (χ2n) is 5.87. The fourth-order valence-corrected chi connectivity index (χ4v) is 3.41. The second kappa shape index (κ2) is 6.77. The molecule has 0 radical (unpaired) electrons. The Morgan fingerprint density at radius 2 is 1.65 bits per heavy atom. The molecule has 0 saturated carbocycles. The third-order valence-electron chi connectivity index (χ3n) is 4.21. The molecule has 4 rings (SSSR count). The Kier molecular flexibility index (Phi) is 4.31. The van der Waals surface area contributed by atoms with Crippen molar-refractivity contribution < 1.29 is 14.3 Å². The first-order valence-electron chi connectivity index (χ1n) is 8.09. The lowest BCUT2D eigenvalue weighted by Crippen LogP contribution is -2.41. The van der Waals surface area contributed by atoms with E-state index < -0.39 is 12.2 Å². The molecular weight excluding hydrogens is 394 g/mol. The predicted molar refractivity (Wildman–Crippen MR) is 102 cm³/mol. The van der Waals surface area contributed by atoms with E-state index in [-0.39, 0.29) is 5.91 Å². The minimum Gasteiger partial charge on any atom is -0.433 e. The number of esters is 1. The summed E-state index contributed by atoms with van der Waals surface area (Å²) >= 11 is 3.40. The quantitative estimate of drug-likeness (QED) is 0.563. The maximum absolute atomic E-state index is 13.3. The van der Waals surface area contributed by atoms with E-state index in [0.717, 1.165) is 10.0 Å². The van der Waals surface area contributed by atoms with Crippen LogP contribution in [0.5, 0.6) is 0 Å². The van der Waals surface area contributed by atoms with Gasteiger partial charge in [-0.3, -0.25) is 9.69 Å². The number of carbonyl (C=O) groups is 2. The van der Waals surface area contributed by atoms with Crippen molar-refractivity contribution in [1.29, 1.82) is 0 Å². The third kappa shape index (κ3) is 2.91. The molecule has 128 valence electrons. The van der Waals surface area contributed by atoms with Gasteiger partial charge in [0.05, 0.1) is 11.3 Å². The van der Waals surface area contributed by atoms with Crippen molar-refractivity contribution in [2.24, 2.45) is 0 Å². The molecule has 3 aromatic carbocycles. The molecule has 0 fully saturated rings. The molecule has 3 aromatic rings. The summed E-state index contributed by atoms with van der Waals surface area (Å²) < 4.78 is 6.45. The van der Waals surface area contributed by atoms with Crippen LogP contribution >= 0.6 is 15.9 Å². The first-order chi connectivity index (χ1) is 12.6. The van der Waals surface area contributed by atoms with Crippen molar-refractivity contribution in [2.75, 3.05) is 4.90 Å². The Morgan fingerprint density at radius 3 is 2.42 bits per heavy atom. The van der Waals surface area contributed by atoms with Crippen molar-refractivity contribution >= 4 is 33.5 Å². The van der Waals surface area contributed by atoms with E-state index in [2.05, 4.69) is 15.9 Å². The Balaban J connectivity index is 1.87. The van der Waals surface area contributed by atoms with Crippen LogP contribution < -0.4 is 4.90 Å². The topological polar surface area (TPSA) is 46.6 Å². The van der Waals surface area contributed by atoms with Gasteiger partial charge in [-0.2, -0.15) is 0 Å². The summed E-state index contributed by atoms with van der Waals surface area (Å²) in [5.41, 5.74) is 2.16. The molecule has 0 aromatic heterocycles. The fraction of sp³-hybridized carbons (Fsp3) is 0.0476. The molecule has 1 heterocycles. The van der Waals surface area contributed by atoms with Gasteiger partial charge < -0.3 is 4.74 Å². The summed E-state index contributed by atoms with van der Waals surface area (Å²) in [4.78, 5) is 27.3. The van der Waals surface area contributed by atoms with Gasteiger partial charge in [-0.25, -0.2) is 4.79 Å². The highest BCUT2D eigenvalue weighted by molar-refractivity contribution is 9.10. The smallest absolute Gasteiger partial charge is 0.342 e. The summed E-state index contributed by atoms with van der Waals surface area (Å²) in [5, 5.41) is 0. The van der Waals surface area contributed by atoms with Gasteiger partial charge in [0.15, 0.2) is 0 Å². The largest absolute Gasteiger partial charge is 0.433 e. The molecule has 0 saturated heterocycles. The molecule has 0 aliphatic carbocycles. The number of cyclic esters (lactones) is 1. The number of anilines is 1. The Hall–Kier alpha value is -2.92. The van der Waals surface area contributed by atoms with E-state index in [4.69, 9.17) is 4.74 Å². The van der Waals surface area contributed by atoms with E-state index >= 15 is 0 Å². The number of benzene rings is 3. The van der Waals surface area contributed by atoms with Crippen molar-refractivity contribution in [3.05, 3.63) is 100 Å². The molecule has 1 aliphatic heterocycles. The fourth-order valence-electron chi connectivity index (χ4n) is 3.01. The first-order valence-corrected chi connectivity index (χ1v) is 8.88. The van der Waals surface area contributed by atoms with Gasteiger partial charge in [0.25, 0.3) is 5.91 Å². The number of para-hydroxylation sites is 1. The normalized spacial score (nSPS) is 16.0. The number of carbonyl (C=O) groups excluding carboxylic acids is 2. The summed E-state index contributed by atoms with van der Waals surface area (Å²) in [6, 6.07) is 23.4. The molecule has 1 atom stereocenters. The van der Waals surface area contributed by atoms with Crippen molar-refractivity contribution in [3.63, 3.8) is 0 Å². The van der Waals surface area contributed by atoms with Crippen LogP contribution in [0.3, 0.4) is 0 Å². The van der Waals surface area contributed by atoms with E-state index in [1.807, 2.05) is 36.4 Å². The Morgan fingerprint density at radius 1 is 0.923 bits per heavy atom. The SMILES string of the molecule is O=C1OC(c2ccccc2)N(C(=O)c2cccc(Br)c2)c2ccccc21. The highest BCUT2D eigenvalue weighted by atomic mass is 79.9. The van der Waals surface area contributed by atoms with Crippen LogP contribution in [0.15, 0.2) is 83.3 Å². The molecule has 1 unspecified atom stereocenters. The number of hydrogen-bond acceptors (Lipinski definition) is 3. The minimum absolute atomic E-state index is 0.236. The number of halogens is 1. The van der Waals surface area contributed by atoms with E-state index in [9.17, 15) is 9.59 Å². The van der Waals surface area contributed by atoms with Crippen LogP contribution in [0.1, 0.15) is 32.5 Å². The highest BCUT2D eigenvalue weighted by Crippen LogP contribution is 2.37. The highest BCUT2D eigenvalue weighted by Gasteiger charge is 2.37. The molecule has 0 spiro atoms. The van der Waals surface area contributed by atoms with Crippen molar-refractivity contribution in [1.82, 2.24) is 0 Å². The molecule has 5 heteroatoms. The monoisotopic (exact) mass is 407 g/mol. The molecule has 0 N–H and O–H groups in total. The molecule has 1 aliphatic rings. The molecule has 1 amide bonds. The van der Waals surface area contributed by atoms with Crippen LogP contribution in [-0.2, 0) is 4.74 Å². The first kappa shape index (κ1) is 16.5. The summed E-state index contributed by atoms with van der Waals surface area (Å²) in [7, 11) is 0. The molecule has 0 bridgehead atoms. The van der Waals surface area contributed by atoms with Gasteiger partial charge in [0, 0.05) is 15.6 Å². The average Bonchev–Trinajstić information content (AvgIpc) is 2.68. The summed E-state index contributed by atoms with van der Waals surface area (Å²) in [6.45, 7) is 0. The summed E-state index contributed by atoms with van der Waals surface area (Å²) in [5.74, 6) is -0.673. The third-order valence-corrected chi connectivity index (χ3v) is 4.71. The van der Waals surface area contributed by atoms with Gasteiger partial charge in [-0.15, -0.1) is 0 Å². The van der Waals surface area contributed by atoms with Crippen LogP contribution in [0.25, 0.3) is 0 Å². The number of nitrogens with zero attached hydrogens (tertiary/aromatic N) is 1. The molecular formula is C21H14BrNO3. The Labute approximate surface area is 159 Å². The standard InChI is InChI=1S/C21H14BrNO3/c22-16-10-6-9-15(13-16)19(24)23-18-12-5-4-11-17(18)21(25)26-20(23)14-7-2-1-3-8-14/h1-13,20H. The zero-order chi connectivity index (χ0) is 18.1. The predicted octanol–water partition coefficient (Wildman–Crippen LogP) is 4.97. The van der Waals surface area contributed by atoms with Gasteiger partial charge in [0.1, 0.15) is 0 Å². The van der Waals surface area contributed by atoms with Crippen LogP contribution in [0.2, 0.25) is 0 Å². The van der Waals surface area contributed by atoms with E-state index in [1.165, 1.54) is 4.90 Å². The van der Waals surface area contributed by atoms with Gasteiger partial charge in [-0.05, 0) is 30.3 Å². The van der Waals surface area contributed by atoms with E-state index in [1.54, 1.807) is 42.5 Å². The zero-order valence-corrected chi connectivity index (χ0v) is 15.2. The molecule has 4 nitrogen and oxygen atoms in total. The van der Waals surface area contributed by atoms with Crippen molar-refractivity contribution in [3.8, 4) is 0 Å². The minimum atomic E-state index is -0.815. The number of amides is 1. The number of hydrogen-bond donors (Lipinski definition) is 0. The zero-order valence-electron chi connectivity index (χ0n) is 13.6. The second-order valence-corrected chi connectivity index (χ2v) is 6.79. The lowest BCUT2D eigenvalue weighted by Gasteiger charge is -2.36. The average molecular weight is 408 g/mol. The van der Waals surface area contributed by atoms with Gasteiger partial charge in [0.2, 0.25) is 6.23 Å². The van der Waals surface area contributed by atoms with Crippen molar-refractivity contribution in [2.45, 2.75) is 6.23 Å². The number of rotatable bonds is 2. The van der Waals surface area contributed by atoms with E-state index in [0.29, 0.717) is 16.8 Å².